The lowest BCUT2D eigenvalue weighted by molar-refractivity contribution is 0.488. The SMILES string of the molecule is CCCCCCCn1ncnc1CNCC(C)C. The number of aromatic nitrogens is 3. The maximum atomic E-state index is 4.32. The van der Waals surface area contributed by atoms with Gasteiger partial charge in [0.15, 0.2) is 0 Å². The fraction of sp³-hybridized carbons (Fsp3) is 0.857. The second kappa shape index (κ2) is 9.09. The fourth-order valence-corrected chi connectivity index (χ4v) is 1.95. The van der Waals surface area contributed by atoms with Gasteiger partial charge in [-0.3, -0.25) is 0 Å². The van der Waals surface area contributed by atoms with E-state index in [1.165, 1.54) is 32.1 Å². The van der Waals surface area contributed by atoms with Crippen LogP contribution in [-0.4, -0.2) is 21.3 Å². The topological polar surface area (TPSA) is 42.7 Å². The average molecular weight is 252 g/mol. The second-order valence-corrected chi connectivity index (χ2v) is 5.34. The zero-order valence-corrected chi connectivity index (χ0v) is 12.2. The van der Waals surface area contributed by atoms with E-state index in [-0.39, 0.29) is 0 Å². The summed E-state index contributed by atoms with van der Waals surface area (Å²) in [4.78, 5) is 4.32. The van der Waals surface area contributed by atoms with Crippen LogP contribution in [0.4, 0.5) is 0 Å². The first-order valence-corrected chi connectivity index (χ1v) is 7.31. The van der Waals surface area contributed by atoms with Gasteiger partial charge in [0.05, 0.1) is 6.54 Å². The van der Waals surface area contributed by atoms with Crippen molar-refractivity contribution in [1.82, 2.24) is 20.1 Å². The third-order valence-electron chi connectivity index (χ3n) is 3.00. The quantitative estimate of drug-likeness (QED) is 0.651. The Hall–Kier alpha value is -0.900. The van der Waals surface area contributed by atoms with Gasteiger partial charge in [-0.2, -0.15) is 5.10 Å². The van der Waals surface area contributed by atoms with Crippen molar-refractivity contribution in [2.75, 3.05) is 6.54 Å². The number of nitrogens with zero attached hydrogens (tertiary/aromatic N) is 3. The van der Waals surface area contributed by atoms with E-state index in [0.717, 1.165) is 25.5 Å². The number of nitrogens with one attached hydrogen (secondary N) is 1. The summed E-state index contributed by atoms with van der Waals surface area (Å²) in [5.41, 5.74) is 0. The van der Waals surface area contributed by atoms with E-state index in [9.17, 15) is 0 Å². The first-order valence-electron chi connectivity index (χ1n) is 7.31. The standard InChI is InChI=1S/C14H28N4/c1-4-5-6-7-8-9-18-14(16-12-17-18)11-15-10-13(2)3/h12-13,15H,4-11H2,1-3H3. The Labute approximate surface area is 111 Å². The van der Waals surface area contributed by atoms with Crippen LogP contribution in [0.1, 0.15) is 58.7 Å². The normalized spacial score (nSPS) is 11.3. The van der Waals surface area contributed by atoms with Gasteiger partial charge >= 0.3 is 0 Å². The molecule has 0 spiro atoms. The number of unbranched alkanes of at least 4 members (excludes halogenated alkanes) is 4. The molecule has 0 atom stereocenters. The molecular formula is C14H28N4. The highest BCUT2D eigenvalue weighted by atomic mass is 15.3. The Morgan fingerprint density at radius 1 is 1.22 bits per heavy atom. The Balaban J connectivity index is 2.22. The Bertz CT molecular complexity index is 306. The predicted octanol–water partition coefficient (Wildman–Crippen LogP) is 2.99. The largest absolute Gasteiger partial charge is 0.310 e. The Morgan fingerprint density at radius 3 is 2.72 bits per heavy atom. The lowest BCUT2D eigenvalue weighted by Crippen LogP contribution is -2.21. The van der Waals surface area contributed by atoms with E-state index < -0.39 is 0 Å². The van der Waals surface area contributed by atoms with Gasteiger partial charge in [0, 0.05) is 6.54 Å². The van der Waals surface area contributed by atoms with Gasteiger partial charge in [0.1, 0.15) is 12.2 Å². The van der Waals surface area contributed by atoms with Crippen LogP contribution in [0.3, 0.4) is 0 Å². The molecule has 0 aromatic carbocycles. The van der Waals surface area contributed by atoms with Crippen LogP contribution in [0.25, 0.3) is 0 Å². The summed E-state index contributed by atoms with van der Waals surface area (Å²) in [7, 11) is 0. The average Bonchev–Trinajstić information content (AvgIpc) is 2.76. The van der Waals surface area contributed by atoms with Crippen molar-refractivity contribution >= 4 is 0 Å². The van der Waals surface area contributed by atoms with Crippen LogP contribution in [0.15, 0.2) is 6.33 Å². The molecule has 0 aliphatic carbocycles. The van der Waals surface area contributed by atoms with Crippen molar-refractivity contribution in [1.29, 1.82) is 0 Å². The van der Waals surface area contributed by atoms with Crippen molar-refractivity contribution in [3.63, 3.8) is 0 Å². The van der Waals surface area contributed by atoms with Crippen molar-refractivity contribution in [3.8, 4) is 0 Å². The lowest BCUT2D eigenvalue weighted by atomic mass is 10.1. The number of hydrogen-bond acceptors (Lipinski definition) is 3. The number of hydrogen-bond donors (Lipinski definition) is 1. The molecule has 0 saturated heterocycles. The first kappa shape index (κ1) is 15.2. The molecule has 1 aromatic heterocycles. The van der Waals surface area contributed by atoms with Crippen molar-refractivity contribution in [3.05, 3.63) is 12.2 Å². The van der Waals surface area contributed by atoms with E-state index in [1.807, 2.05) is 4.68 Å². The van der Waals surface area contributed by atoms with Gasteiger partial charge in [-0.15, -0.1) is 0 Å². The fourth-order valence-electron chi connectivity index (χ4n) is 1.95. The molecule has 1 N–H and O–H groups in total. The van der Waals surface area contributed by atoms with Gasteiger partial charge in [-0.25, -0.2) is 9.67 Å². The van der Waals surface area contributed by atoms with Crippen molar-refractivity contribution in [2.24, 2.45) is 5.92 Å². The summed E-state index contributed by atoms with van der Waals surface area (Å²) in [5.74, 6) is 1.74. The molecule has 0 aliphatic heterocycles. The summed E-state index contributed by atoms with van der Waals surface area (Å²) in [6, 6.07) is 0. The van der Waals surface area contributed by atoms with E-state index in [4.69, 9.17) is 0 Å². The minimum absolute atomic E-state index is 0.676. The zero-order chi connectivity index (χ0) is 13.2. The third-order valence-corrected chi connectivity index (χ3v) is 3.00. The minimum Gasteiger partial charge on any atom is -0.310 e. The van der Waals surface area contributed by atoms with Crippen LogP contribution < -0.4 is 5.32 Å². The molecule has 1 rings (SSSR count). The molecule has 0 amide bonds. The van der Waals surface area contributed by atoms with Crippen LogP contribution in [0.5, 0.6) is 0 Å². The molecule has 18 heavy (non-hydrogen) atoms. The molecule has 1 heterocycles. The molecule has 1 aromatic rings. The van der Waals surface area contributed by atoms with E-state index in [0.29, 0.717) is 5.92 Å². The second-order valence-electron chi connectivity index (χ2n) is 5.34. The highest BCUT2D eigenvalue weighted by molar-refractivity contribution is 4.83. The minimum atomic E-state index is 0.676. The first-order chi connectivity index (χ1) is 8.74. The molecule has 4 heteroatoms. The van der Waals surface area contributed by atoms with Gasteiger partial charge in [-0.1, -0.05) is 46.5 Å². The smallest absolute Gasteiger partial charge is 0.140 e. The Morgan fingerprint density at radius 2 is 2.00 bits per heavy atom. The molecule has 0 fully saturated rings. The summed E-state index contributed by atoms with van der Waals surface area (Å²) < 4.78 is 2.04. The van der Waals surface area contributed by atoms with Crippen molar-refractivity contribution in [2.45, 2.75) is 66.0 Å². The highest BCUT2D eigenvalue weighted by Gasteiger charge is 2.03. The molecule has 0 aliphatic rings. The molecule has 0 unspecified atom stereocenters. The van der Waals surface area contributed by atoms with Gasteiger partial charge in [0.25, 0.3) is 0 Å². The van der Waals surface area contributed by atoms with Crippen LogP contribution in [-0.2, 0) is 13.1 Å². The molecular weight excluding hydrogens is 224 g/mol. The van der Waals surface area contributed by atoms with Gasteiger partial charge < -0.3 is 5.32 Å². The predicted molar refractivity (Wildman–Crippen MR) is 75.3 cm³/mol. The molecule has 104 valence electrons. The zero-order valence-electron chi connectivity index (χ0n) is 12.2. The maximum absolute atomic E-state index is 4.32. The molecule has 0 saturated carbocycles. The third kappa shape index (κ3) is 6.15. The van der Waals surface area contributed by atoms with Gasteiger partial charge in [0.2, 0.25) is 0 Å². The number of rotatable bonds is 10. The highest BCUT2D eigenvalue weighted by Crippen LogP contribution is 2.05. The van der Waals surface area contributed by atoms with E-state index >= 15 is 0 Å². The molecule has 0 radical (unpaired) electrons. The van der Waals surface area contributed by atoms with Crippen LogP contribution in [0, 0.1) is 5.92 Å². The lowest BCUT2D eigenvalue weighted by Gasteiger charge is -2.08. The Kier molecular flexibility index (Phi) is 7.65. The number of aryl methyl sites for hydroxylation is 1. The summed E-state index contributed by atoms with van der Waals surface area (Å²) in [5, 5.41) is 7.71. The maximum Gasteiger partial charge on any atom is 0.140 e. The van der Waals surface area contributed by atoms with Crippen molar-refractivity contribution < 1.29 is 0 Å². The van der Waals surface area contributed by atoms with Crippen LogP contribution >= 0.6 is 0 Å². The van der Waals surface area contributed by atoms with Gasteiger partial charge in [-0.05, 0) is 18.9 Å². The summed E-state index contributed by atoms with van der Waals surface area (Å²) in [6.07, 6.45) is 8.16. The molecule has 0 bridgehead atoms. The summed E-state index contributed by atoms with van der Waals surface area (Å²) >= 11 is 0. The van der Waals surface area contributed by atoms with Crippen LogP contribution in [0.2, 0.25) is 0 Å². The van der Waals surface area contributed by atoms with E-state index in [2.05, 4.69) is 36.2 Å². The molecule has 4 nitrogen and oxygen atoms in total. The monoisotopic (exact) mass is 252 g/mol. The summed E-state index contributed by atoms with van der Waals surface area (Å²) in [6.45, 7) is 9.53. The van der Waals surface area contributed by atoms with E-state index in [1.54, 1.807) is 6.33 Å².